The molecule has 6 rings (SSSR count). The van der Waals surface area contributed by atoms with Gasteiger partial charge in [-0.25, -0.2) is 0 Å². The van der Waals surface area contributed by atoms with Crippen LogP contribution in [0, 0.1) is 5.92 Å². The number of amides is 1. The van der Waals surface area contributed by atoms with Crippen molar-refractivity contribution in [2.24, 2.45) is 5.92 Å². The lowest BCUT2D eigenvalue weighted by Crippen LogP contribution is -2.44. The third-order valence-electron chi connectivity index (χ3n) is 9.41. The smallest absolute Gasteiger partial charge is 0.253 e. The molecule has 2 N–H and O–H groups in total. The van der Waals surface area contributed by atoms with Crippen LogP contribution in [0.1, 0.15) is 70.5 Å². The molecule has 5 aromatic rings. The summed E-state index contributed by atoms with van der Waals surface area (Å²) in [6.45, 7) is 5.55. The summed E-state index contributed by atoms with van der Waals surface area (Å²) in [5, 5.41) is 12.6. The third-order valence-corrected chi connectivity index (χ3v) is 9.41. The Morgan fingerprint density at radius 3 is 2.29 bits per heavy atom. The zero-order chi connectivity index (χ0) is 33.5. The van der Waals surface area contributed by atoms with Gasteiger partial charge in [-0.05, 0) is 59.5 Å². The number of carbonyl (C=O) groups excluding carboxylic acids is 1. The molecule has 4 aromatic carbocycles. The first-order valence-electron chi connectivity index (χ1n) is 16.5. The van der Waals surface area contributed by atoms with Crippen LogP contribution in [0.15, 0.2) is 128 Å². The SMILES string of the molecule is CC1C(CN(C)C(C)c2ccccc2)OC(c2ccc(-c3ccccc3CNC(=O)c3cccnc3)cc2)OC1c1ccc(CO)cc1. The second-order valence-corrected chi connectivity index (χ2v) is 12.6. The normalized spacial score (nSPS) is 19.9. The molecule has 1 amide bonds. The minimum absolute atomic E-state index is 0.00421. The lowest BCUT2D eigenvalue weighted by Gasteiger charge is -2.43. The molecule has 0 aliphatic carbocycles. The number of aliphatic hydroxyl groups excluding tert-OH is 1. The number of aliphatic hydroxyl groups is 1. The first-order valence-corrected chi connectivity index (χ1v) is 16.5. The fourth-order valence-corrected chi connectivity index (χ4v) is 6.31. The summed E-state index contributed by atoms with van der Waals surface area (Å²) >= 11 is 0. The summed E-state index contributed by atoms with van der Waals surface area (Å²) in [5.41, 5.74) is 7.77. The maximum absolute atomic E-state index is 12.7. The van der Waals surface area contributed by atoms with Crippen molar-refractivity contribution < 1.29 is 19.4 Å². The largest absolute Gasteiger partial charge is 0.392 e. The molecule has 48 heavy (non-hydrogen) atoms. The highest BCUT2D eigenvalue weighted by atomic mass is 16.7. The molecule has 1 aliphatic rings. The summed E-state index contributed by atoms with van der Waals surface area (Å²) in [7, 11) is 2.15. The lowest BCUT2D eigenvalue weighted by atomic mass is 9.89. The Hall–Kier alpha value is -4.66. The van der Waals surface area contributed by atoms with E-state index in [4.69, 9.17) is 9.47 Å². The van der Waals surface area contributed by atoms with Gasteiger partial charge in [-0.3, -0.25) is 14.7 Å². The van der Waals surface area contributed by atoms with Crippen molar-refractivity contribution in [3.63, 3.8) is 0 Å². The van der Waals surface area contributed by atoms with Crippen molar-refractivity contribution in [2.75, 3.05) is 13.6 Å². The van der Waals surface area contributed by atoms with Gasteiger partial charge in [-0.2, -0.15) is 0 Å². The van der Waals surface area contributed by atoms with E-state index in [0.717, 1.165) is 39.9 Å². The standard InChI is InChI=1S/C41H43N3O4/c1-28-38(26-44(3)29(2)31-10-5-4-6-11-31)47-41(48-39(28)33-17-15-30(27-45)16-18-33)34-21-19-32(20-22-34)37-14-8-7-12-35(37)25-43-40(46)36-13-9-23-42-24-36/h4-24,28-29,38-39,41,45H,25-27H2,1-3H3,(H,43,46). The second kappa shape index (κ2) is 15.5. The maximum Gasteiger partial charge on any atom is 0.253 e. The zero-order valence-electron chi connectivity index (χ0n) is 27.7. The molecule has 5 atom stereocenters. The molecule has 5 unspecified atom stereocenters. The predicted molar refractivity (Wildman–Crippen MR) is 188 cm³/mol. The van der Waals surface area contributed by atoms with Gasteiger partial charge in [0.2, 0.25) is 0 Å². The van der Waals surface area contributed by atoms with Crippen LogP contribution in [0.4, 0.5) is 0 Å². The quantitative estimate of drug-likeness (QED) is 0.154. The average molecular weight is 642 g/mol. The van der Waals surface area contributed by atoms with Gasteiger partial charge < -0.3 is 19.9 Å². The van der Waals surface area contributed by atoms with Crippen LogP contribution in [0.5, 0.6) is 0 Å². The van der Waals surface area contributed by atoms with Crippen LogP contribution in [-0.2, 0) is 22.6 Å². The molecule has 0 saturated carbocycles. The molecule has 1 fully saturated rings. The Labute approximate surface area is 283 Å². The van der Waals surface area contributed by atoms with Gasteiger partial charge >= 0.3 is 0 Å². The van der Waals surface area contributed by atoms with Crippen LogP contribution in [-0.4, -0.2) is 40.6 Å². The van der Waals surface area contributed by atoms with E-state index in [1.165, 1.54) is 5.56 Å². The third kappa shape index (κ3) is 7.72. The fraction of sp³-hybridized carbons (Fsp3) is 0.268. The van der Waals surface area contributed by atoms with E-state index in [0.29, 0.717) is 12.1 Å². The van der Waals surface area contributed by atoms with Crippen molar-refractivity contribution in [1.29, 1.82) is 0 Å². The first kappa shape index (κ1) is 33.2. The summed E-state index contributed by atoms with van der Waals surface area (Å²) in [6, 6.07) is 38.7. The molecular formula is C41H43N3O4. The highest BCUT2D eigenvalue weighted by molar-refractivity contribution is 5.93. The van der Waals surface area contributed by atoms with E-state index in [2.05, 4.69) is 103 Å². The van der Waals surface area contributed by atoms with E-state index in [1.807, 2.05) is 36.4 Å². The molecule has 1 saturated heterocycles. The van der Waals surface area contributed by atoms with Crippen LogP contribution >= 0.6 is 0 Å². The minimum Gasteiger partial charge on any atom is -0.392 e. The Kier molecular flexibility index (Phi) is 10.7. The van der Waals surface area contributed by atoms with Gasteiger partial charge in [0, 0.05) is 43.0 Å². The number of likely N-dealkylation sites (N-methyl/N-ethyl adjacent to an activating group) is 1. The molecule has 7 nitrogen and oxygen atoms in total. The Morgan fingerprint density at radius 1 is 0.875 bits per heavy atom. The van der Waals surface area contributed by atoms with Gasteiger partial charge in [0.05, 0.1) is 24.4 Å². The fourth-order valence-electron chi connectivity index (χ4n) is 6.31. The van der Waals surface area contributed by atoms with Crippen LogP contribution in [0.2, 0.25) is 0 Å². The number of aromatic nitrogens is 1. The molecule has 0 radical (unpaired) electrons. The van der Waals surface area contributed by atoms with E-state index in [-0.39, 0.29) is 36.7 Å². The van der Waals surface area contributed by atoms with E-state index < -0.39 is 6.29 Å². The molecule has 1 aromatic heterocycles. The molecular weight excluding hydrogens is 598 g/mol. The van der Waals surface area contributed by atoms with E-state index in [9.17, 15) is 9.90 Å². The second-order valence-electron chi connectivity index (χ2n) is 12.6. The number of nitrogens with zero attached hydrogens (tertiary/aromatic N) is 2. The predicted octanol–water partition coefficient (Wildman–Crippen LogP) is 7.66. The number of hydrogen-bond acceptors (Lipinski definition) is 6. The van der Waals surface area contributed by atoms with Gasteiger partial charge in [-0.1, -0.05) is 110 Å². The number of nitrogens with one attached hydrogen (secondary N) is 1. The molecule has 0 spiro atoms. The molecule has 1 aliphatic heterocycles. The minimum atomic E-state index is -0.558. The van der Waals surface area contributed by atoms with Gasteiger partial charge in [0.15, 0.2) is 6.29 Å². The molecule has 246 valence electrons. The van der Waals surface area contributed by atoms with Gasteiger partial charge in [0.25, 0.3) is 5.91 Å². The molecule has 7 heteroatoms. The Morgan fingerprint density at radius 2 is 1.58 bits per heavy atom. The first-order chi connectivity index (χ1) is 23.4. The lowest BCUT2D eigenvalue weighted by molar-refractivity contribution is -0.276. The van der Waals surface area contributed by atoms with Crippen molar-refractivity contribution >= 4 is 5.91 Å². The van der Waals surface area contributed by atoms with Gasteiger partial charge in [-0.15, -0.1) is 0 Å². The monoisotopic (exact) mass is 641 g/mol. The molecule has 0 bridgehead atoms. The van der Waals surface area contributed by atoms with E-state index in [1.54, 1.807) is 24.5 Å². The van der Waals surface area contributed by atoms with Gasteiger partial charge in [0.1, 0.15) is 0 Å². The highest BCUT2D eigenvalue weighted by Crippen LogP contribution is 2.42. The number of carbonyl (C=O) groups is 1. The van der Waals surface area contributed by atoms with Crippen LogP contribution in [0.25, 0.3) is 11.1 Å². The number of ether oxygens (including phenoxy) is 2. The summed E-state index contributed by atoms with van der Waals surface area (Å²) in [6.07, 6.45) is 2.38. The highest BCUT2D eigenvalue weighted by Gasteiger charge is 2.39. The topological polar surface area (TPSA) is 83.9 Å². The summed E-state index contributed by atoms with van der Waals surface area (Å²) < 4.78 is 13.5. The zero-order valence-corrected chi connectivity index (χ0v) is 27.7. The number of benzene rings is 4. The van der Waals surface area contributed by atoms with Crippen molar-refractivity contribution in [3.05, 3.63) is 161 Å². The summed E-state index contributed by atoms with van der Waals surface area (Å²) in [5.74, 6) is -0.0762. The van der Waals surface area contributed by atoms with Crippen LogP contribution in [0.3, 0.4) is 0 Å². The van der Waals surface area contributed by atoms with Crippen molar-refractivity contribution in [2.45, 2.75) is 51.5 Å². The Bertz CT molecular complexity index is 1760. The number of hydrogen-bond donors (Lipinski definition) is 2. The number of rotatable bonds is 11. The summed E-state index contributed by atoms with van der Waals surface area (Å²) in [4.78, 5) is 19.1. The maximum atomic E-state index is 12.7. The van der Waals surface area contributed by atoms with Crippen LogP contribution < -0.4 is 5.32 Å². The molecule has 2 heterocycles. The Balaban J connectivity index is 1.22. The number of pyridine rings is 1. The average Bonchev–Trinajstić information content (AvgIpc) is 3.15. The van der Waals surface area contributed by atoms with Crippen molar-refractivity contribution in [3.8, 4) is 11.1 Å². The van der Waals surface area contributed by atoms with Crippen molar-refractivity contribution in [1.82, 2.24) is 15.2 Å². The van der Waals surface area contributed by atoms with E-state index >= 15 is 0 Å².